The van der Waals surface area contributed by atoms with Crippen molar-refractivity contribution in [1.29, 1.82) is 0 Å². The maximum absolute atomic E-state index is 11.7. The standard InChI is InChI=1S/C11H11NO4S2/c1-16-11(13)7-18(14,15)6-10-12-8-4-2-3-5-9(8)17-10/h2-5H,6-7H2,1H3. The molecule has 0 bridgehead atoms. The van der Waals surface area contributed by atoms with Crippen LogP contribution in [0.3, 0.4) is 0 Å². The van der Waals surface area contributed by atoms with Crippen LogP contribution in [-0.2, 0) is 25.1 Å². The Balaban J connectivity index is 2.20. The summed E-state index contributed by atoms with van der Waals surface area (Å²) in [5, 5.41) is 0.486. The lowest BCUT2D eigenvalue weighted by molar-refractivity contribution is -0.137. The van der Waals surface area contributed by atoms with E-state index in [1.807, 2.05) is 24.3 Å². The lowest BCUT2D eigenvalue weighted by Crippen LogP contribution is -2.18. The predicted octanol–water partition coefficient (Wildman–Crippen LogP) is 1.38. The number of para-hydroxylation sites is 1. The molecular formula is C11H11NO4S2. The van der Waals surface area contributed by atoms with Crippen LogP contribution in [0.5, 0.6) is 0 Å². The van der Waals surface area contributed by atoms with Gasteiger partial charge in [-0.3, -0.25) is 4.79 Å². The number of benzene rings is 1. The molecule has 0 N–H and O–H groups in total. The van der Waals surface area contributed by atoms with Crippen LogP contribution in [0.4, 0.5) is 0 Å². The number of carbonyl (C=O) groups is 1. The molecule has 2 rings (SSSR count). The van der Waals surface area contributed by atoms with Crippen molar-refractivity contribution < 1.29 is 17.9 Å². The molecule has 0 aliphatic heterocycles. The lowest BCUT2D eigenvalue weighted by atomic mass is 10.3. The van der Waals surface area contributed by atoms with Gasteiger partial charge >= 0.3 is 5.97 Å². The molecule has 1 aromatic heterocycles. The number of hydrogen-bond acceptors (Lipinski definition) is 6. The summed E-state index contributed by atoms with van der Waals surface area (Å²) in [4.78, 5) is 15.2. The van der Waals surface area contributed by atoms with Gasteiger partial charge in [0.05, 0.1) is 17.3 Å². The average Bonchev–Trinajstić information content (AvgIpc) is 2.68. The molecular weight excluding hydrogens is 274 g/mol. The van der Waals surface area contributed by atoms with Gasteiger partial charge in [-0.1, -0.05) is 12.1 Å². The van der Waals surface area contributed by atoms with Gasteiger partial charge in [0.15, 0.2) is 9.84 Å². The first-order chi connectivity index (χ1) is 8.50. The summed E-state index contributed by atoms with van der Waals surface area (Å²) >= 11 is 1.32. The molecule has 0 saturated carbocycles. The first kappa shape index (κ1) is 13.0. The fourth-order valence-electron chi connectivity index (χ4n) is 1.46. The third-order valence-corrected chi connectivity index (χ3v) is 4.85. The molecule has 1 aromatic carbocycles. The maximum Gasteiger partial charge on any atom is 0.320 e. The minimum absolute atomic E-state index is 0.235. The molecule has 0 fully saturated rings. The molecule has 96 valence electrons. The van der Waals surface area contributed by atoms with E-state index in [1.54, 1.807) is 0 Å². The van der Waals surface area contributed by atoms with Gasteiger partial charge in [-0.05, 0) is 12.1 Å². The van der Waals surface area contributed by atoms with Crippen molar-refractivity contribution in [2.45, 2.75) is 5.75 Å². The Morgan fingerprint density at radius 3 is 2.78 bits per heavy atom. The van der Waals surface area contributed by atoms with Crippen LogP contribution in [0, 0.1) is 0 Å². The van der Waals surface area contributed by atoms with E-state index in [9.17, 15) is 13.2 Å². The number of aromatic nitrogens is 1. The molecule has 0 unspecified atom stereocenters. The predicted molar refractivity (Wildman–Crippen MR) is 69.1 cm³/mol. The summed E-state index contributed by atoms with van der Waals surface area (Å²) in [5.74, 6) is -1.60. The highest BCUT2D eigenvalue weighted by atomic mass is 32.2. The smallest absolute Gasteiger partial charge is 0.320 e. The number of rotatable bonds is 4. The average molecular weight is 285 g/mol. The normalized spacial score (nSPS) is 11.6. The topological polar surface area (TPSA) is 73.3 Å². The molecule has 0 aliphatic rings. The molecule has 5 nitrogen and oxygen atoms in total. The number of fused-ring (bicyclic) bond motifs is 1. The Morgan fingerprint density at radius 1 is 1.39 bits per heavy atom. The van der Waals surface area contributed by atoms with Gasteiger partial charge in [0.1, 0.15) is 16.5 Å². The van der Waals surface area contributed by atoms with E-state index in [4.69, 9.17) is 0 Å². The zero-order valence-corrected chi connectivity index (χ0v) is 11.3. The van der Waals surface area contributed by atoms with E-state index in [1.165, 1.54) is 11.3 Å². The molecule has 0 radical (unpaired) electrons. The lowest BCUT2D eigenvalue weighted by Gasteiger charge is -1.99. The molecule has 0 amide bonds. The zero-order valence-electron chi connectivity index (χ0n) is 9.62. The molecule has 0 aliphatic carbocycles. The van der Waals surface area contributed by atoms with Gasteiger partial charge in [-0.25, -0.2) is 13.4 Å². The van der Waals surface area contributed by atoms with Gasteiger partial charge in [-0.2, -0.15) is 0 Å². The molecule has 2 aromatic rings. The Labute approximate surface area is 108 Å². The van der Waals surface area contributed by atoms with Crippen molar-refractivity contribution in [1.82, 2.24) is 4.98 Å². The molecule has 18 heavy (non-hydrogen) atoms. The van der Waals surface area contributed by atoms with Gasteiger partial charge < -0.3 is 4.74 Å². The van der Waals surface area contributed by atoms with E-state index in [0.29, 0.717) is 5.01 Å². The Kier molecular flexibility index (Phi) is 3.63. The van der Waals surface area contributed by atoms with Crippen LogP contribution in [0.2, 0.25) is 0 Å². The number of ether oxygens (including phenoxy) is 1. The Morgan fingerprint density at radius 2 is 2.11 bits per heavy atom. The van der Waals surface area contributed by atoms with E-state index in [2.05, 4.69) is 9.72 Å². The van der Waals surface area contributed by atoms with Gasteiger partial charge in [0.2, 0.25) is 0 Å². The van der Waals surface area contributed by atoms with Crippen molar-refractivity contribution in [3.63, 3.8) is 0 Å². The monoisotopic (exact) mass is 285 g/mol. The quantitative estimate of drug-likeness (QED) is 0.794. The van der Waals surface area contributed by atoms with Crippen LogP contribution in [0.15, 0.2) is 24.3 Å². The fraction of sp³-hybridized carbons (Fsp3) is 0.273. The van der Waals surface area contributed by atoms with E-state index in [0.717, 1.165) is 17.3 Å². The molecule has 0 saturated heterocycles. The van der Waals surface area contributed by atoms with Crippen LogP contribution in [0.1, 0.15) is 5.01 Å². The number of esters is 1. The van der Waals surface area contributed by atoms with Crippen LogP contribution in [-0.4, -0.2) is 32.2 Å². The van der Waals surface area contributed by atoms with Crippen molar-refractivity contribution in [3.05, 3.63) is 29.3 Å². The minimum Gasteiger partial charge on any atom is -0.468 e. The molecule has 0 spiro atoms. The largest absolute Gasteiger partial charge is 0.468 e. The van der Waals surface area contributed by atoms with Crippen LogP contribution >= 0.6 is 11.3 Å². The third kappa shape index (κ3) is 3.05. The highest BCUT2D eigenvalue weighted by molar-refractivity contribution is 7.91. The van der Waals surface area contributed by atoms with Gasteiger partial charge in [0, 0.05) is 0 Å². The summed E-state index contributed by atoms with van der Waals surface area (Å²) in [6.07, 6.45) is 0. The second-order valence-electron chi connectivity index (χ2n) is 3.68. The molecule has 0 atom stereocenters. The van der Waals surface area contributed by atoms with Crippen LogP contribution < -0.4 is 0 Å². The number of methoxy groups -OCH3 is 1. The van der Waals surface area contributed by atoms with E-state index >= 15 is 0 Å². The highest BCUT2D eigenvalue weighted by Crippen LogP contribution is 2.23. The highest BCUT2D eigenvalue weighted by Gasteiger charge is 2.19. The van der Waals surface area contributed by atoms with Crippen LogP contribution in [0.25, 0.3) is 10.2 Å². The first-order valence-corrected chi connectivity index (χ1v) is 7.75. The third-order valence-electron chi connectivity index (χ3n) is 2.25. The van der Waals surface area contributed by atoms with Crippen molar-refractivity contribution in [3.8, 4) is 0 Å². The summed E-state index contributed by atoms with van der Waals surface area (Å²) in [7, 11) is -2.36. The summed E-state index contributed by atoms with van der Waals surface area (Å²) in [6, 6.07) is 7.41. The Hall–Kier alpha value is -1.47. The summed E-state index contributed by atoms with van der Waals surface area (Å²) in [5.41, 5.74) is 0.769. The number of hydrogen-bond donors (Lipinski definition) is 0. The molecule has 1 heterocycles. The second-order valence-corrected chi connectivity index (χ2v) is 6.86. The maximum atomic E-state index is 11.7. The fourth-order valence-corrected chi connectivity index (χ4v) is 4.02. The van der Waals surface area contributed by atoms with Crippen molar-refractivity contribution in [2.75, 3.05) is 12.9 Å². The number of sulfone groups is 1. The second kappa shape index (κ2) is 5.03. The van der Waals surface area contributed by atoms with Gasteiger partial charge in [0.25, 0.3) is 0 Å². The SMILES string of the molecule is COC(=O)CS(=O)(=O)Cc1nc2ccccc2s1. The van der Waals surface area contributed by atoms with Gasteiger partial charge in [-0.15, -0.1) is 11.3 Å². The number of thiazole rings is 1. The van der Waals surface area contributed by atoms with E-state index < -0.39 is 21.6 Å². The van der Waals surface area contributed by atoms with Crippen molar-refractivity contribution >= 4 is 37.4 Å². The summed E-state index contributed by atoms with van der Waals surface area (Å²) in [6.45, 7) is 0. The number of nitrogens with zero attached hydrogens (tertiary/aromatic N) is 1. The number of carbonyl (C=O) groups excluding carboxylic acids is 1. The minimum atomic E-state index is -3.52. The Bertz CT molecular complexity index is 642. The molecule has 7 heteroatoms. The van der Waals surface area contributed by atoms with Crippen molar-refractivity contribution in [2.24, 2.45) is 0 Å². The zero-order chi connectivity index (χ0) is 13.2. The van der Waals surface area contributed by atoms with E-state index in [-0.39, 0.29) is 5.75 Å². The summed E-state index contributed by atoms with van der Waals surface area (Å²) < 4.78 is 28.7. The first-order valence-electron chi connectivity index (χ1n) is 5.12.